The quantitative estimate of drug-likeness (QED) is 0.724. The molecule has 1 aliphatic heterocycles. The molecule has 0 N–H and O–H groups in total. The standard InChI is InChI=1S/C21H24N4O/c1-13-12-24(19-8-6-5-7-17(13)19)21(26)10-9-18-15(3)22-20-11-14(2)23-25(20)16(18)4/h5-8,11,13H,9-10,12H2,1-4H3. The number of amides is 1. The summed E-state index contributed by atoms with van der Waals surface area (Å²) in [6.45, 7) is 8.99. The Bertz CT molecular complexity index is 1000. The van der Waals surface area contributed by atoms with E-state index in [1.54, 1.807) is 0 Å². The molecule has 3 aromatic rings. The molecule has 0 fully saturated rings. The molecular formula is C21H24N4O. The van der Waals surface area contributed by atoms with Gasteiger partial charge in [-0.2, -0.15) is 5.10 Å². The number of nitrogens with zero attached hydrogens (tertiary/aromatic N) is 4. The van der Waals surface area contributed by atoms with Gasteiger partial charge in [0.25, 0.3) is 0 Å². The Labute approximate surface area is 153 Å². The molecule has 5 heteroatoms. The first-order chi connectivity index (χ1) is 12.5. The summed E-state index contributed by atoms with van der Waals surface area (Å²) in [6, 6.07) is 10.2. The van der Waals surface area contributed by atoms with E-state index >= 15 is 0 Å². The van der Waals surface area contributed by atoms with Crippen LogP contribution >= 0.6 is 0 Å². The van der Waals surface area contributed by atoms with Crippen molar-refractivity contribution < 1.29 is 4.79 Å². The molecule has 2 aromatic heterocycles. The largest absolute Gasteiger partial charge is 0.312 e. The minimum atomic E-state index is 0.178. The summed E-state index contributed by atoms with van der Waals surface area (Å²) < 4.78 is 1.88. The maximum atomic E-state index is 12.9. The van der Waals surface area contributed by atoms with E-state index in [4.69, 9.17) is 0 Å². The molecule has 26 heavy (non-hydrogen) atoms. The number of carbonyl (C=O) groups is 1. The maximum Gasteiger partial charge on any atom is 0.227 e. The lowest BCUT2D eigenvalue weighted by Gasteiger charge is -2.18. The second kappa shape index (κ2) is 6.24. The second-order valence-electron chi connectivity index (χ2n) is 7.28. The lowest BCUT2D eigenvalue weighted by molar-refractivity contribution is -0.118. The van der Waals surface area contributed by atoms with Gasteiger partial charge in [-0.05, 0) is 44.4 Å². The number of benzene rings is 1. The van der Waals surface area contributed by atoms with E-state index in [-0.39, 0.29) is 5.91 Å². The topological polar surface area (TPSA) is 50.5 Å². The average molecular weight is 348 g/mol. The van der Waals surface area contributed by atoms with E-state index in [0.717, 1.165) is 40.5 Å². The molecule has 1 amide bonds. The Balaban J connectivity index is 1.56. The second-order valence-corrected chi connectivity index (χ2v) is 7.28. The minimum absolute atomic E-state index is 0.178. The van der Waals surface area contributed by atoms with E-state index < -0.39 is 0 Å². The third-order valence-corrected chi connectivity index (χ3v) is 5.39. The van der Waals surface area contributed by atoms with Gasteiger partial charge < -0.3 is 4.90 Å². The van der Waals surface area contributed by atoms with Crippen LogP contribution in [0.25, 0.3) is 5.65 Å². The van der Waals surface area contributed by atoms with E-state index in [1.165, 1.54) is 5.56 Å². The van der Waals surface area contributed by atoms with Crippen LogP contribution in [0.3, 0.4) is 0 Å². The molecule has 134 valence electrons. The number of anilines is 1. The summed E-state index contributed by atoms with van der Waals surface area (Å²) in [5.74, 6) is 0.570. The van der Waals surface area contributed by atoms with E-state index in [0.29, 0.717) is 18.8 Å². The van der Waals surface area contributed by atoms with Gasteiger partial charge in [-0.25, -0.2) is 9.50 Å². The number of rotatable bonds is 3. The lowest BCUT2D eigenvalue weighted by atomic mass is 10.0. The van der Waals surface area contributed by atoms with Crippen molar-refractivity contribution >= 4 is 17.2 Å². The van der Waals surface area contributed by atoms with Crippen LogP contribution in [0.15, 0.2) is 30.3 Å². The van der Waals surface area contributed by atoms with Crippen molar-refractivity contribution in [2.45, 2.75) is 46.5 Å². The predicted molar refractivity (Wildman–Crippen MR) is 103 cm³/mol. The Morgan fingerprint density at radius 3 is 2.81 bits per heavy atom. The summed E-state index contributed by atoms with van der Waals surface area (Å²) >= 11 is 0. The third kappa shape index (κ3) is 2.68. The SMILES string of the molecule is Cc1cc2nc(C)c(CCC(=O)N3CC(C)c4ccccc43)c(C)n2n1. The molecule has 0 saturated carbocycles. The van der Waals surface area contributed by atoms with Crippen molar-refractivity contribution in [2.75, 3.05) is 11.4 Å². The molecule has 0 spiro atoms. The van der Waals surface area contributed by atoms with Crippen molar-refractivity contribution in [2.24, 2.45) is 0 Å². The highest BCUT2D eigenvalue weighted by Crippen LogP contribution is 2.36. The average Bonchev–Trinajstić information content (AvgIpc) is 3.15. The highest BCUT2D eigenvalue weighted by atomic mass is 16.2. The number of fused-ring (bicyclic) bond motifs is 2. The number of hydrogen-bond donors (Lipinski definition) is 0. The maximum absolute atomic E-state index is 12.9. The van der Waals surface area contributed by atoms with Crippen LogP contribution in [0.2, 0.25) is 0 Å². The Hall–Kier alpha value is -2.69. The molecule has 1 atom stereocenters. The molecule has 1 aliphatic rings. The monoisotopic (exact) mass is 348 g/mol. The smallest absolute Gasteiger partial charge is 0.227 e. The number of aromatic nitrogens is 3. The lowest BCUT2D eigenvalue weighted by Crippen LogP contribution is -2.29. The Morgan fingerprint density at radius 1 is 1.23 bits per heavy atom. The van der Waals surface area contributed by atoms with Crippen LogP contribution in [-0.2, 0) is 11.2 Å². The van der Waals surface area contributed by atoms with Gasteiger partial charge in [0.05, 0.1) is 5.69 Å². The highest BCUT2D eigenvalue weighted by molar-refractivity contribution is 5.96. The summed E-state index contributed by atoms with van der Waals surface area (Å²) in [5.41, 5.74) is 7.33. The van der Waals surface area contributed by atoms with Crippen molar-refractivity contribution in [3.8, 4) is 0 Å². The van der Waals surface area contributed by atoms with E-state index in [1.807, 2.05) is 47.5 Å². The molecule has 1 aromatic carbocycles. The van der Waals surface area contributed by atoms with Gasteiger partial charge in [0.2, 0.25) is 5.91 Å². The summed E-state index contributed by atoms with van der Waals surface area (Å²) in [7, 11) is 0. The fourth-order valence-electron chi connectivity index (χ4n) is 4.03. The first-order valence-corrected chi connectivity index (χ1v) is 9.17. The molecule has 0 aliphatic carbocycles. The molecule has 0 radical (unpaired) electrons. The van der Waals surface area contributed by atoms with Crippen LogP contribution in [0.1, 0.15) is 47.5 Å². The number of aryl methyl sites for hydroxylation is 3. The van der Waals surface area contributed by atoms with Gasteiger partial charge in [0, 0.05) is 42.0 Å². The van der Waals surface area contributed by atoms with Gasteiger partial charge >= 0.3 is 0 Å². The zero-order valence-corrected chi connectivity index (χ0v) is 15.8. The van der Waals surface area contributed by atoms with Crippen molar-refractivity contribution in [1.82, 2.24) is 14.6 Å². The molecule has 0 bridgehead atoms. The molecule has 5 nitrogen and oxygen atoms in total. The summed E-state index contributed by atoms with van der Waals surface area (Å²) in [6.07, 6.45) is 1.17. The molecule has 1 unspecified atom stereocenters. The van der Waals surface area contributed by atoms with Gasteiger partial charge in [0.15, 0.2) is 5.65 Å². The van der Waals surface area contributed by atoms with Gasteiger partial charge in [-0.15, -0.1) is 0 Å². The van der Waals surface area contributed by atoms with Crippen LogP contribution < -0.4 is 4.90 Å². The normalized spacial score (nSPS) is 16.3. The molecular weight excluding hydrogens is 324 g/mol. The van der Waals surface area contributed by atoms with Crippen molar-refractivity contribution in [3.63, 3.8) is 0 Å². The molecule has 0 saturated heterocycles. The zero-order chi connectivity index (χ0) is 18.4. The van der Waals surface area contributed by atoms with Crippen LogP contribution in [-0.4, -0.2) is 27.0 Å². The highest BCUT2D eigenvalue weighted by Gasteiger charge is 2.29. The number of carbonyl (C=O) groups excluding carboxylic acids is 1. The molecule has 3 heterocycles. The summed E-state index contributed by atoms with van der Waals surface area (Å²) in [4.78, 5) is 19.5. The number of hydrogen-bond acceptors (Lipinski definition) is 3. The van der Waals surface area contributed by atoms with Crippen molar-refractivity contribution in [1.29, 1.82) is 0 Å². The van der Waals surface area contributed by atoms with E-state index in [2.05, 4.69) is 30.0 Å². The predicted octanol–water partition coefficient (Wildman–Crippen LogP) is 3.74. The summed E-state index contributed by atoms with van der Waals surface area (Å²) in [5, 5.41) is 4.52. The van der Waals surface area contributed by atoms with Crippen LogP contribution in [0.5, 0.6) is 0 Å². The first kappa shape index (κ1) is 16.8. The van der Waals surface area contributed by atoms with E-state index in [9.17, 15) is 4.79 Å². The Morgan fingerprint density at radius 2 is 2.00 bits per heavy atom. The fourth-order valence-corrected chi connectivity index (χ4v) is 4.03. The van der Waals surface area contributed by atoms with Gasteiger partial charge in [-0.3, -0.25) is 4.79 Å². The third-order valence-electron chi connectivity index (χ3n) is 5.39. The minimum Gasteiger partial charge on any atom is -0.312 e. The zero-order valence-electron chi connectivity index (χ0n) is 15.8. The van der Waals surface area contributed by atoms with Gasteiger partial charge in [0.1, 0.15) is 0 Å². The Kier molecular flexibility index (Phi) is 4.02. The molecule has 4 rings (SSSR count). The van der Waals surface area contributed by atoms with Crippen molar-refractivity contribution in [3.05, 3.63) is 58.5 Å². The first-order valence-electron chi connectivity index (χ1n) is 9.17. The van der Waals surface area contributed by atoms with Gasteiger partial charge in [-0.1, -0.05) is 25.1 Å². The fraction of sp³-hybridized carbons (Fsp3) is 0.381. The van der Waals surface area contributed by atoms with Crippen LogP contribution in [0, 0.1) is 20.8 Å². The number of para-hydroxylation sites is 1. The van der Waals surface area contributed by atoms with Crippen LogP contribution in [0.4, 0.5) is 5.69 Å².